The smallest absolute Gasteiger partial charge is 0.436 e. The average Bonchev–Trinajstić information content (AvgIpc) is 3.29. The van der Waals surface area contributed by atoms with Crippen molar-refractivity contribution in [1.82, 2.24) is 19.7 Å². The van der Waals surface area contributed by atoms with Crippen LogP contribution in [0.5, 0.6) is 5.88 Å². The number of benzene rings is 1. The fraction of sp³-hybridized carbons (Fsp3) is 0.353. The van der Waals surface area contributed by atoms with Crippen LogP contribution in [0.25, 0.3) is 11.0 Å². The second-order valence-electron chi connectivity index (χ2n) is 6.13. The van der Waals surface area contributed by atoms with Gasteiger partial charge >= 0.3 is 6.18 Å². The SMILES string of the molecule is COc1nc(C)nc2c1c(C(F)(F)F)nn2C1(c2ccccc2)CC1. The van der Waals surface area contributed by atoms with Crippen molar-refractivity contribution in [3.8, 4) is 5.88 Å². The predicted octanol–water partition coefficient (Wildman–Crippen LogP) is 3.70. The lowest BCUT2D eigenvalue weighted by molar-refractivity contribution is -0.140. The van der Waals surface area contributed by atoms with E-state index in [1.165, 1.54) is 11.8 Å². The minimum absolute atomic E-state index is 0.107. The minimum Gasteiger partial charge on any atom is -0.480 e. The number of ether oxygens (including phenoxy) is 1. The molecule has 1 fully saturated rings. The number of nitrogens with zero attached hydrogens (tertiary/aromatic N) is 4. The van der Waals surface area contributed by atoms with Crippen LogP contribution in [-0.4, -0.2) is 26.9 Å². The van der Waals surface area contributed by atoms with E-state index in [1.807, 2.05) is 30.3 Å². The average molecular weight is 348 g/mol. The van der Waals surface area contributed by atoms with Gasteiger partial charge in [0.25, 0.3) is 0 Å². The first-order valence-corrected chi connectivity index (χ1v) is 7.81. The highest BCUT2D eigenvalue weighted by Crippen LogP contribution is 2.51. The topological polar surface area (TPSA) is 52.8 Å². The number of fused-ring (bicyclic) bond motifs is 1. The Bertz CT molecular complexity index is 946. The number of hydrogen-bond acceptors (Lipinski definition) is 4. The fourth-order valence-electron chi connectivity index (χ4n) is 3.22. The molecule has 0 atom stereocenters. The summed E-state index contributed by atoms with van der Waals surface area (Å²) in [4.78, 5) is 8.26. The van der Waals surface area contributed by atoms with E-state index >= 15 is 0 Å². The summed E-state index contributed by atoms with van der Waals surface area (Å²) < 4.78 is 47.2. The summed E-state index contributed by atoms with van der Waals surface area (Å²) >= 11 is 0. The van der Waals surface area contributed by atoms with Gasteiger partial charge in [-0.15, -0.1) is 0 Å². The standard InChI is InChI=1S/C17H15F3N4O/c1-10-21-14-12(15(22-10)25-2)13(17(18,19)20)23-24(14)16(8-9-16)11-6-4-3-5-7-11/h3-7H,8-9H2,1-2H3. The maximum Gasteiger partial charge on any atom is 0.436 e. The Labute approximate surface area is 141 Å². The molecule has 0 aliphatic heterocycles. The minimum atomic E-state index is -4.62. The molecule has 0 N–H and O–H groups in total. The van der Waals surface area contributed by atoms with E-state index in [4.69, 9.17) is 4.74 Å². The van der Waals surface area contributed by atoms with Crippen LogP contribution in [0.4, 0.5) is 13.2 Å². The molecule has 130 valence electrons. The van der Waals surface area contributed by atoms with Crippen LogP contribution in [0.2, 0.25) is 0 Å². The van der Waals surface area contributed by atoms with Crippen LogP contribution >= 0.6 is 0 Å². The van der Waals surface area contributed by atoms with Gasteiger partial charge in [0.2, 0.25) is 5.88 Å². The summed E-state index contributed by atoms with van der Waals surface area (Å²) in [5.74, 6) is 0.230. The Morgan fingerprint density at radius 1 is 1.12 bits per heavy atom. The van der Waals surface area contributed by atoms with Gasteiger partial charge in [0.05, 0.1) is 12.6 Å². The van der Waals surface area contributed by atoms with Crippen molar-refractivity contribution in [3.05, 3.63) is 47.4 Å². The summed E-state index contributed by atoms with van der Waals surface area (Å²) in [6, 6.07) is 9.41. The van der Waals surface area contributed by atoms with Crippen molar-refractivity contribution in [3.63, 3.8) is 0 Å². The Morgan fingerprint density at radius 3 is 2.36 bits per heavy atom. The summed E-state index contributed by atoms with van der Waals surface area (Å²) in [7, 11) is 1.29. The third-order valence-corrected chi connectivity index (χ3v) is 4.51. The molecule has 1 saturated carbocycles. The molecule has 4 rings (SSSR count). The third kappa shape index (κ3) is 2.35. The van der Waals surface area contributed by atoms with Gasteiger partial charge in [-0.05, 0) is 25.3 Å². The zero-order valence-corrected chi connectivity index (χ0v) is 13.6. The molecule has 5 nitrogen and oxygen atoms in total. The van der Waals surface area contributed by atoms with Crippen molar-refractivity contribution < 1.29 is 17.9 Å². The van der Waals surface area contributed by atoms with E-state index in [9.17, 15) is 13.2 Å². The van der Waals surface area contributed by atoms with Crippen molar-refractivity contribution in [2.45, 2.75) is 31.5 Å². The Balaban J connectivity index is 2.05. The molecule has 0 saturated heterocycles. The molecule has 1 aliphatic carbocycles. The monoisotopic (exact) mass is 348 g/mol. The first-order chi connectivity index (χ1) is 11.9. The first-order valence-electron chi connectivity index (χ1n) is 7.81. The second kappa shape index (κ2) is 5.18. The maximum absolute atomic E-state index is 13.6. The van der Waals surface area contributed by atoms with Crippen molar-refractivity contribution in [1.29, 1.82) is 0 Å². The number of halogens is 3. The fourth-order valence-corrected chi connectivity index (χ4v) is 3.22. The van der Waals surface area contributed by atoms with Gasteiger partial charge in [-0.2, -0.15) is 23.3 Å². The summed E-state index contributed by atoms with van der Waals surface area (Å²) in [6.07, 6.45) is -3.21. The number of hydrogen-bond donors (Lipinski definition) is 0. The molecule has 3 aromatic rings. The molecule has 0 unspecified atom stereocenters. The van der Waals surface area contributed by atoms with Gasteiger partial charge in [-0.25, -0.2) is 9.67 Å². The van der Waals surface area contributed by atoms with Gasteiger partial charge in [-0.3, -0.25) is 0 Å². The molecule has 2 heterocycles. The molecule has 2 aromatic heterocycles. The number of methoxy groups -OCH3 is 1. The summed E-state index contributed by atoms with van der Waals surface area (Å²) in [5, 5.41) is 3.74. The second-order valence-corrected chi connectivity index (χ2v) is 6.13. The van der Waals surface area contributed by atoms with Gasteiger partial charge < -0.3 is 4.74 Å². The summed E-state index contributed by atoms with van der Waals surface area (Å²) in [6.45, 7) is 1.62. The largest absolute Gasteiger partial charge is 0.480 e. The van der Waals surface area contributed by atoms with Gasteiger partial charge in [0.15, 0.2) is 11.3 Å². The number of aryl methyl sites for hydroxylation is 1. The van der Waals surface area contributed by atoms with E-state index in [2.05, 4.69) is 15.1 Å². The molecule has 0 bridgehead atoms. The van der Waals surface area contributed by atoms with Crippen molar-refractivity contribution >= 4 is 11.0 Å². The quantitative estimate of drug-likeness (QED) is 0.724. The van der Waals surface area contributed by atoms with E-state index < -0.39 is 17.4 Å². The molecule has 8 heteroatoms. The highest BCUT2D eigenvalue weighted by molar-refractivity contribution is 5.85. The Kier molecular flexibility index (Phi) is 3.28. The molecular weight excluding hydrogens is 333 g/mol. The Hall–Kier alpha value is -2.64. The predicted molar refractivity (Wildman–Crippen MR) is 84.4 cm³/mol. The third-order valence-electron chi connectivity index (χ3n) is 4.51. The lowest BCUT2D eigenvalue weighted by Gasteiger charge is -2.17. The molecular formula is C17H15F3N4O. The number of rotatable bonds is 3. The maximum atomic E-state index is 13.6. The molecule has 25 heavy (non-hydrogen) atoms. The van der Waals surface area contributed by atoms with Crippen molar-refractivity contribution in [2.75, 3.05) is 7.11 Å². The molecule has 0 spiro atoms. The molecule has 1 aromatic carbocycles. The van der Waals surface area contributed by atoms with Gasteiger partial charge in [-0.1, -0.05) is 30.3 Å². The van der Waals surface area contributed by atoms with Crippen LogP contribution in [0, 0.1) is 6.92 Å². The van der Waals surface area contributed by atoms with Crippen LogP contribution in [0.1, 0.15) is 29.9 Å². The first kappa shape index (κ1) is 15.9. The molecule has 1 aliphatic rings. The van der Waals surface area contributed by atoms with E-state index in [0.29, 0.717) is 18.7 Å². The zero-order chi connectivity index (χ0) is 17.8. The van der Waals surface area contributed by atoms with E-state index in [0.717, 1.165) is 5.56 Å². The number of aromatic nitrogens is 4. The lowest BCUT2D eigenvalue weighted by atomic mass is 10.1. The van der Waals surface area contributed by atoms with Crippen LogP contribution in [0.15, 0.2) is 30.3 Å². The van der Waals surface area contributed by atoms with Crippen LogP contribution in [0.3, 0.4) is 0 Å². The molecule has 0 radical (unpaired) electrons. The Morgan fingerprint density at radius 2 is 1.80 bits per heavy atom. The summed E-state index contributed by atoms with van der Waals surface area (Å²) in [5.41, 5.74) is -0.544. The normalized spacial score (nSPS) is 16.2. The van der Waals surface area contributed by atoms with Crippen LogP contribution in [-0.2, 0) is 11.7 Å². The van der Waals surface area contributed by atoms with E-state index in [-0.39, 0.29) is 16.9 Å². The number of alkyl halides is 3. The lowest BCUT2D eigenvalue weighted by Crippen LogP contribution is -2.21. The highest BCUT2D eigenvalue weighted by Gasteiger charge is 2.51. The van der Waals surface area contributed by atoms with Crippen LogP contribution < -0.4 is 4.74 Å². The van der Waals surface area contributed by atoms with Crippen molar-refractivity contribution in [2.24, 2.45) is 0 Å². The molecule has 0 amide bonds. The zero-order valence-electron chi connectivity index (χ0n) is 13.6. The van der Waals surface area contributed by atoms with E-state index in [1.54, 1.807) is 6.92 Å². The van der Waals surface area contributed by atoms with Gasteiger partial charge in [0.1, 0.15) is 11.2 Å². The van der Waals surface area contributed by atoms with Gasteiger partial charge in [0, 0.05) is 0 Å². The highest BCUT2D eigenvalue weighted by atomic mass is 19.4.